The van der Waals surface area contributed by atoms with Crippen LogP contribution in [0.2, 0.25) is 5.15 Å². The van der Waals surface area contributed by atoms with Crippen LogP contribution < -0.4 is 4.74 Å². The number of nitrogens with zero attached hydrogens (tertiary/aromatic N) is 1. The first-order chi connectivity index (χ1) is 7.25. The van der Waals surface area contributed by atoms with Gasteiger partial charge in [0.15, 0.2) is 0 Å². The summed E-state index contributed by atoms with van der Waals surface area (Å²) in [6.45, 7) is 1.93. The molecule has 1 aromatic heterocycles. The molecule has 15 heavy (non-hydrogen) atoms. The highest BCUT2D eigenvalue weighted by molar-refractivity contribution is 6.29. The Morgan fingerprint density at radius 1 is 1.20 bits per heavy atom. The Morgan fingerprint density at radius 2 is 1.93 bits per heavy atom. The second kappa shape index (κ2) is 4.32. The van der Waals surface area contributed by atoms with Gasteiger partial charge in [-0.1, -0.05) is 29.8 Å². The summed E-state index contributed by atoms with van der Waals surface area (Å²) in [5.74, 6) is 1.53. The van der Waals surface area contributed by atoms with E-state index >= 15 is 0 Å². The second-order valence-corrected chi connectivity index (χ2v) is 3.57. The molecule has 76 valence electrons. The molecule has 0 bridgehead atoms. The molecule has 0 aliphatic carbocycles. The van der Waals surface area contributed by atoms with Crippen molar-refractivity contribution in [1.29, 1.82) is 0 Å². The first kappa shape index (κ1) is 9.99. The largest absolute Gasteiger partial charge is 0.457 e. The number of rotatable bonds is 2. The van der Waals surface area contributed by atoms with Crippen molar-refractivity contribution in [3.63, 3.8) is 0 Å². The molecule has 0 aliphatic rings. The first-order valence-electron chi connectivity index (χ1n) is 4.61. The summed E-state index contributed by atoms with van der Waals surface area (Å²) in [6, 6.07) is 11.3. The number of halogens is 1. The van der Waals surface area contributed by atoms with Crippen LogP contribution >= 0.6 is 11.6 Å². The minimum absolute atomic E-state index is 0.437. The maximum Gasteiger partial charge on any atom is 0.134 e. The topological polar surface area (TPSA) is 22.1 Å². The molecule has 0 N–H and O–H groups in total. The van der Waals surface area contributed by atoms with Crippen LogP contribution in [0.15, 0.2) is 42.6 Å². The van der Waals surface area contributed by atoms with Crippen LogP contribution in [0.25, 0.3) is 0 Å². The molecule has 0 atom stereocenters. The zero-order chi connectivity index (χ0) is 10.7. The smallest absolute Gasteiger partial charge is 0.134 e. The summed E-state index contributed by atoms with van der Waals surface area (Å²) < 4.78 is 5.67. The van der Waals surface area contributed by atoms with Crippen LogP contribution in [0, 0.1) is 6.92 Å². The van der Waals surface area contributed by atoms with E-state index in [-0.39, 0.29) is 0 Å². The number of aromatic nitrogens is 1. The molecule has 1 aromatic carbocycles. The summed E-state index contributed by atoms with van der Waals surface area (Å²) in [4.78, 5) is 3.97. The molecule has 0 aliphatic heterocycles. The molecule has 0 saturated heterocycles. The maximum atomic E-state index is 5.79. The van der Waals surface area contributed by atoms with Gasteiger partial charge in [-0.3, -0.25) is 0 Å². The molecule has 1 heterocycles. The SMILES string of the molecule is Cc1cnc(Cl)cc1Oc1ccccc1. The summed E-state index contributed by atoms with van der Waals surface area (Å²) in [5.41, 5.74) is 0.961. The zero-order valence-electron chi connectivity index (χ0n) is 8.27. The normalized spacial score (nSPS) is 10.0. The number of aryl methyl sites for hydroxylation is 1. The fourth-order valence-corrected chi connectivity index (χ4v) is 1.35. The average molecular weight is 220 g/mol. The third kappa shape index (κ3) is 2.48. The molecule has 0 fully saturated rings. The van der Waals surface area contributed by atoms with Crippen molar-refractivity contribution in [1.82, 2.24) is 4.98 Å². The highest BCUT2D eigenvalue weighted by Crippen LogP contribution is 2.25. The van der Waals surface area contributed by atoms with Crippen molar-refractivity contribution in [2.75, 3.05) is 0 Å². The minimum Gasteiger partial charge on any atom is -0.457 e. The molecule has 0 amide bonds. The average Bonchev–Trinajstić information content (AvgIpc) is 2.25. The molecule has 3 heteroatoms. The van der Waals surface area contributed by atoms with E-state index in [9.17, 15) is 0 Å². The van der Waals surface area contributed by atoms with Gasteiger partial charge in [0.1, 0.15) is 16.7 Å². The van der Waals surface area contributed by atoms with E-state index in [1.807, 2.05) is 37.3 Å². The monoisotopic (exact) mass is 219 g/mol. The van der Waals surface area contributed by atoms with Crippen molar-refractivity contribution < 1.29 is 4.74 Å². The Morgan fingerprint density at radius 3 is 2.67 bits per heavy atom. The Balaban J connectivity index is 2.28. The maximum absolute atomic E-state index is 5.79. The van der Waals surface area contributed by atoms with Crippen LogP contribution in [0.1, 0.15) is 5.56 Å². The van der Waals surface area contributed by atoms with E-state index in [1.54, 1.807) is 12.3 Å². The number of pyridine rings is 1. The number of hydrogen-bond donors (Lipinski definition) is 0. The van der Waals surface area contributed by atoms with E-state index in [1.165, 1.54) is 0 Å². The Hall–Kier alpha value is -1.54. The van der Waals surface area contributed by atoms with Gasteiger partial charge in [0.2, 0.25) is 0 Å². The Labute approximate surface area is 93.5 Å². The molecule has 0 radical (unpaired) electrons. The van der Waals surface area contributed by atoms with Gasteiger partial charge in [-0.2, -0.15) is 0 Å². The molecule has 2 aromatic rings. The van der Waals surface area contributed by atoms with Crippen molar-refractivity contribution in [3.05, 3.63) is 53.3 Å². The molecule has 0 unspecified atom stereocenters. The Bertz CT molecular complexity index is 456. The summed E-state index contributed by atoms with van der Waals surface area (Å²) in [7, 11) is 0. The molecular weight excluding hydrogens is 210 g/mol. The predicted molar refractivity (Wildman–Crippen MR) is 60.5 cm³/mol. The minimum atomic E-state index is 0.437. The van der Waals surface area contributed by atoms with Crippen molar-refractivity contribution >= 4 is 11.6 Å². The zero-order valence-corrected chi connectivity index (χ0v) is 9.03. The van der Waals surface area contributed by atoms with Gasteiger partial charge in [-0.15, -0.1) is 0 Å². The van der Waals surface area contributed by atoms with E-state index < -0.39 is 0 Å². The van der Waals surface area contributed by atoms with Crippen LogP contribution in [-0.4, -0.2) is 4.98 Å². The van der Waals surface area contributed by atoms with Crippen molar-refractivity contribution in [2.24, 2.45) is 0 Å². The van der Waals surface area contributed by atoms with Gasteiger partial charge in [0, 0.05) is 17.8 Å². The lowest BCUT2D eigenvalue weighted by molar-refractivity contribution is 0.478. The van der Waals surface area contributed by atoms with Crippen LogP contribution in [-0.2, 0) is 0 Å². The Kier molecular flexibility index (Phi) is 2.88. The fourth-order valence-electron chi connectivity index (χ4n) is 1.21. The van der Waals surface area contributed by atoms with Gasteiger partial charge in [-0.05, 0) is 19.1 Å². The van der Waals surface area contributed by atoms with Gasteiger partial charge >= 0.3 is 0 Å². The number of benzene rings is 1. The van der Waals surface area contributed by atoms with Gasteiger partial charge in [0.05, 0.1) is 0 Å². The van der Waals surface area contributed by atoms with Crippen LogP contribution in [0.5, 0.6) is 11.5 Å². The standard InChI is InChI=1S/C12H10ClNO/c1-9-8-14-12(13)7-11(9)15-10-5-3-2-4-6-10/h2-8H,1H3. The highest BCUT2D eigenvalue weighted by atomic mass is 35.5. The summed E-state index contributed by atoms with van der Waals surface area (Å²) in [5, 5.41) is 0.437. The summed E-state index contributed by atoms with van der Waals surface area (Å²) in [6.07, 6.45) is 1.70. The van der Waals surface area contributed by atoms with Crippen LogP contribution in [0.4, 0.5) is 0 Å². The summed E-state index contributed by atoms with van der Waals surface area (Å²) >= 11 is 5.79. The third-order valence-electron chi connectivity index (χ3n) is 1.99. The van der Waals surface area contributed by atoms with E-state index in [4.69, 9.17) is 16.3 Å². The van der Waals surface area contributed by atoms with E-state index in [0.717, 1.165) is 17.1 Å². The molecule has 2 rings (SSSR count). The lowest BCUT2D eigenvalue weighted by Gasteiger charge is -2.07. The van der Waals surface area contributed by atoms with Crippen LogP contribution in [0.3, 0.4) is 0 Å². The lowest BCUT2D eigenvalue weighted by Crippen LogP contribution is -1.88. The molecule has 0 saturated carbocycles. The quantitative estimate of drug-likeness (QED) is 0.716. The molecule has 2 nitrogen and oxygen atoms in total. The van der Waals surface area contributed by atoms with Crippen molar-refractivity contribution in [2.45, 2.75) is 6.92 Å². The van der Waals surface area contributed by atoms with Gasteiger partial charge in [0.25, 0.3) is 0 Å². The van der Waals surface area contributed by atoms with Gasteiger partial charge < -0.3 is 4.74 Å². The highest BCUT2D eigenvalue weighted by Gasteiger charge is 2.02. The van der Waals surface area contributed by atoms with Crippen molar-refractivity contribution in [3.8, 4) is 11.5 Å². The predicted octanol–water partition coefficient (Wildman–Crippen LogP) is 3.84. The van der Waals surface area contributed by atoms with E-state index in [0.29, 0.717) is 5.15 Å². The lowest BCUT2D eigenvalue weighted by atomic mass is 10.3. The molecule has 0 spiro atoms. The number of para-hydroxylation sites is 1. The first-order valence-corrected chi connectivity index (χ1v) is 4.98. The fraction of sp³-hybridized carbons (Fsp3) is 0.0833. The third-order valence-corrected chi connectivity index (χ3v) is 2.20. The second-order valence-electron chi connectivity index (χ2n) is 3.19. The van der Waals surface area contributed by atoms with E-state index in [2.05, 4.69) is 4.98 Å². The molecular formula is C12H10ClNO. The number of ether oxygens (including phenoxy) is 1. The number of hydrogen-bond acceptors (Lipinski definition) is 2. The van der Waals surface area contributed by atoms with Gasteiger partial charge in [-0.25, -0.2) is 4.98 Å².